The number of hydrogen-bond donors (Lipinski definition) is 1. The minimum Gasteiger partial charge on any atom is -0.406 e. The highest BCUT2D eigenvalue weighted by Gasteiger charge is 2.30. The number of carbonyl (C=O) groups is 2. The molecule has 5 nitrogen and oxygen atoms in total. The first-order valence-electron chi connectivity index (χ1n) is 8.34. The molecule has 0 aliphatic carbocycles. The topological polar surface area (TPSA) is 58.6 Å². The molecule has 1 N–H and O–H groups in total. The number of nitrogens with zero attached hydrogens (tertiary/aromatic N) is 1. The molecule has 0 saturated carbocycles. The Bertz CT molecular complexity index is 827. The summed E-state index contributed by atoms with van der Waals surface area (Å²) in [4.78, 5) is 25.4. The van der Waals surface area contributed by atoms with E-state index in [-0.39, 0.29) is 35.6 Å². The molecule has 2 rings (SSSR count). The van der Waals surface area contributed by atoms with Crippen molar-refractivity contribution < 1.29 is 31.9 Å². The summed E-state index contributed by atoms with van der Waals surface area (Å²) < 4.78 is 53.1. The van der Waals surface area contributed by atoms with Crippen molar-refractivity contribution in [3.8, 4) is 5.75 Å². The summed E-state index contributed by atoms with van der Waals surface area (Å²) in [6.07, 6.45) is -4.76. The molecule has 0 heterocycles. The average molecular weight is 430 g/mol. The smallest absolute Gasteiger partial charge is 0.406 e. The molecule has 0 unspecified atom stereocenters. The SMILES string of the molecule is CN(Cc1ccc(OC(F)(F)F)cc1)C(=O)CSCC(=O)Nc1ccc(F)cc1. The van der Waals surface area contributed by atoms with Crippen molar-refractivity contribution in [2.24, 2.45) is 0 Å². The van der Waals surface area contributed by atoms with Crippen LogP contribution in [0.1, 0.15) is 5.56 Å². The molecular weight excluding hydrogens is 412 g/mol. The third-order valence-corrected chi connectivity index (χ3v) is 4.51. The van der Waals surface area contributed by atoms with Gasteiger partial charge in [-0.05, 0) is 42.0 Å². The predicted octanol–water partition coefficient (Wildman–Crippen LogP) is 4.05. The number of nitrogens with one attached hydrogen (secondary N) is 1. The van der Waals surface area contributed by atoms with E-state index in [0.29, 0.717) is 11.3 Å². The average Bonchev–Trinajstić information content (AvgIpc) is 2.64. The first-order chi connectivity index (χ1) is 13.6. The summed E-state index contributed by atoms with van der Waals surface area (Å²) in [7, 11) is 1.56. The number of hydrogen-bond acceptors (Lipinski definition) is 4. The van der Waals surface area contributed by atoms with Crippen LogP contribution in [0.4, 0.5) is 23.2 Å². The maximum absolute atomic E-state index is 12.8. The van der Waals surface area contributed by atoms with E-state index in [2.05, 4.69) is 10.1 Å². The molecule has 2 aromatic carbocycles. The molecule has 10 heteroatoms. The zero-order valence-corrected chi connectivity index (χ0v) is 16.1. The zero-order chi connectivity index (χ0) is 21.4. The Kier molecular flexibility index (Phi) is 7.89. The monoisotopic (exact) mass is 430 g/mol. The van der Waals surface area contributed by atoms with Gasteiger partial charge in [0.15, 0.2) is 0 Å². The number of rotatable bonds is 8. The Morgan fingerprint density at radius 1 is 1.03 bits per heavy atom. The van der Waals surface area contributed by atoms with E-state index in [0.717, 1.165) is 11.8 Å². The van der Waals surface area contributed by atoms with Crippen LogP contribution >= 0.6 is 11.8 Å². The van der Waals surface area contributed by atoms with Gasteiger partial charge in [-0.15, -0.1) is 24.9 Å². The van der Waals surface area contributed by atoms with E-state index in [9.17, 15) is 27.2 Å². The number of thioether (sulfide) groups is 1. The van der Waals surface area contributed by atoms with Gasteiger partial charge in [0.2, 0.25) is 11.8 Å². The minimum atomic E-state index is -4.76. The van der Waals surface area contributed by atoms with Crippen LogP contribution < -0.4 is 10.1 Å². The highest BCUT2D eigenvalue weighted by molar-refractivity contribution is 8.00. The van der Waals surface area contributed by atoms with Gasteiger partial charge in [-0.1, -0.05) is 12.1 Å². The summed E-state index contributed by atoms with van der Waals surface area (Å²) in [5.41, 5.74) is 1.09. The fraction of sp³-hybridized carbons (Fsp3) is 0.263. The minimum absolute atomic E-state index is 0.0421. The third kappa shape index (κ3) is 8.43. The Hall–Kier alpha value is -2.75. The molecule has 0 fully saturated rings. The first kappa shape index (κ1) is 22.5. The third-order valence-electron chi connectivity index (χ3n) is 3.59. The van der Waals surface area contributed by atoms with Gasteiger partial charge in [0.25, 0.3) is 0 Å². The maximum atomic E-state index is 12.8. The van der Waals surface area contributed by atoms with Crippen LogP contribution in [0.2, 0.25) is 0 Å². The molecular formula is C19H18F4N2O3S. The number of amides is 2. The van der Waals surface area contributed by atoms with Crippen LogP contribution in [0.3, 0.4) is 0 Å². The van der Waals surface area contributed by atoms with Gasteiger partial charge in [0.05, 0.1) is 11.5 Å². The zero-order valence-electron chi connectivity index (χ0n) is 15.3. The summed E-state index contributed by atoms with van der Waals surface area (Å²) in [5, 5.41) is 2.59. The molecule has 0 radical (unpaired) electrons. The van der Waals surface area contributed by atoms with E-state index in [1.165, 1.54) is 53.4 Å². The molecule has 2 amide bonds. The predicted molar refractivity (Wildman–Crippen MR) is 102 cm³/mol. The van der Waals surface area contributed by atoms with Gasteiger partial charge in [-0.2, -0.15) is 0 Å². The van der Waals surface area contributed by atoms with Crippen LogP contribution in [0.5, 0.6) is 5.75 Å². The van der Waals surface area contributed by atoms with Crippen molar-refractivity contribution in [2.45, 2.75) is 12.9 Å². The van der Waals surface area contributed by atoms with Crippen LogP contribution in [-0.4, -0.2) is 41.6 Å². The number of alkyl halides is 3. The lowest BCUT2D eigenvalue weighted by molar-refractivity contribution is -0.274. The van der Waals surface area contributed by atoms with Crippen molar-refractivity contribution in [3.05, 3.63) is 59.9 Å². The molecule has 156 valence electrons. The number of carbonyl (C=O) groups excluding carboxylic acids is 2. The molecule has 0 saturated heterocycles. The van der Waals surface area contributed by atoms with E-state index in [1.54, 1.807) is 7.05 Å². The Labute approximate surface area is 169 Å². The standard InChI is InChI=1S/C19H18F4N2O3S/c1-25(10-13-2-8-16(9-3-13)28-19(21,22)23)18(27)12-29-11-17(26)24-15-6-4-14(20)5-7-15/h2-9H,10-12H2,1H3,(H,24,26). The second-order valence-corrected chi connectivity index (χ2v) is 6.98. The Balaban J connectivity index is 1.73. The van der Waals surface area contributed by atoms with E-state index < -0.39 is 12.2 Å². The fourth-order valence-corrected chi connectivity index (χ4v) is 2.98. The number of benzene rings is 2. The lowest BCUT2D eigenvalue weighted by Gasteiger charge is -2.17. The number of halogens is 4. The first-order valence-corrected chi connectivity index (χ1v) is 9.49. The lowest BCUT2D eigenvalue weighted by Crippen LogP contribution is -2.28. The van der Waals surface area contributed by atoms with E-state index in [4.69, 9.17) is 0 Å². The van der Waals surface area contributed by atoms with Gasteiger partial charge in [0, 0.05) is 19.3 Å². The molecule has 0 bridgehead atoms. The number of ether oxygens (including phenoxy) is 1. The summed E-state index contributed by atoms with van der Waals surface area (Å²) >= 11 is 1.12. The van der Waals surface area contributed by atoms with Gasteiger partial charge in [-0.25, -0.2) is 4.39 Å². The second-order valence-electron chi connectivity index (χ2n) is 5.99. The van der Waals surface area contributed by atoms with Crippen molar-refractivity contribution in [2.75, 3.05) is 23.9 Å². The van der Waals surface area contributed by atoms with Gasteiger partial charge >= 0.3 is 6.36 Å². The summed E-state index contributed by atoms with van der Waals surface area (Å²) in [5.74, 6) is -1.20. The Morgan fingerprint density at radius 3 is 2.24 bits per heavy atom. The van der Waals surface area contributed by atoms with Crippen LogP contribution in [-0.2, 0) is 16.1 Å². The van der Waals surface area contributed by atoms with E-state index in [1.807, 2.05) is 0 Å². The Morgan fingerprint density at radius 2 is 1.66 bits per heavy atom. The molecule has 2 aromatic rings. The lowest BCUT2D eigenvalue weighted by atomic mass is 10.2. The van der Waals surface area contributed by atoms with Gasteiger partial charge in [-0.3, -0.25) is 9.59 Å². The summed E-state index contributed by atoms with van der Waals surface area (Å²) in [6.45, 7) is 0.202. The molecule has 29 heavy (non-hydrogen) atoms. The normalized spacial score (nSPS) is 11.1. The molecule has 0 aromatic heterocycles. The molecule has 0 spiro atoms. The molecule has 0 aliphatic rings. The quantitative estimate of drug-likeness (QED) is 0.642. The fourth-order valence-electron chi connectivity index (χ4n) is 2.23. The van der Waals surface area contributed by atoms with Crippen LogP contribution in [0.25, 0.3) is 0 Å². The van der Waals surface area contributed by atoms with Crippen molar-refractivity contribution in [3.63, 3.8) is 0 Å². The number of anilines is 1. The van der Waals surface area contributed by atoms with Crippen molar-refractivity contribution >= 4 is 29.3 Å². The van der Waals surface area contributed by atoms with Gasteiger partial charge in [0.1, 0.15) is 11.6 Å². The summed E-state index contributed by atoms with van der Waals surface area (Å²) in [6, 6.07) is 10.5. The van der Waals surface area contributed by atoms with Crippen LogP contribution in [0, 0.1) is 5.82 Å². The largest absolute Gasteiger partial charge is 0.573 e. The highest BCUT2D eigenvalue weighted by atomic mass is 32.2. The second kappa shape index (κ2) is 10.1. The molecule has 0 atom stereocenters. The molecule has 0 aliphatic heterocycles. The highest BCUT2D eigenvalue weighted by Crippen LogP contribution is 2.23. The van der Waals surface area contributed by atoms with Crippen molar-refractivity contribution in [1.29, 1.82) is 0 Å². The van der Waals surface area contributed by atoms with E-state index >= 15 is 0 Å². The maximum Gasteiger partial charge on any atom is 0.573 e. The van der Waals surface area contributed by atoms with Gasteiger partial charge < -0.3 is 15.0 Å². The van der Waals surface area contributed by atoms with Crippen LogP contribution in [0.15, 0.2) is 48.5 Å². The van der Waals surface area contributed by atoms with Crippen molar-refractivity contribution in [1.82, 2.24) is 4.90 Å².